The third-order valence-corrected chi connectivity index (χ3v) is 3.34. The zero-order valence-corrected chi connectivity index (χ0v) is 11.6. The van der Waals surface area contributed by atoms with Gasteiger partial charge in [0.1, 0.15) is 5.56 Å². The molecule has 0 heterocycles. The van der Waals surface area contributed by atoms with Gasteiger partial charge < -0.3 is 5.32 Å². The Bertz CT molecular complexity index is 627. The molecule has 0 bridgehead atoms. The minimum atomic E-state index is -3.57. The van der Waals surface area contributed by atoms with Gasteiger partial charge in [0.2, 0.25) is 10.0 Å². The molecule has 1 aromatic rings. The minimum Gasteiger partial charge on any atom is -0.352 e. The number of benzene rings is 1. The Kier molecular flexibility index (Phi) is 5.17. The van der Waals surface area contributed by atoms with Crippen LogP contribution in [0.1, 0.15) is 22.3 Å². The van der Waals surface area contributed by atoms with Gasteiger partial charge in [-0.3, -0.25) is 14.9 Å². The number of carbonyl (C=O) groups excluding carboxylic acids is 1. The van der Waals surface area contributed by atoms with Crippen LogP contribution in [0.5, 0.6) is 0 Å². The average Bonchev–Trinajstić information content (AvgIpc) is 2.32. The van der Waals surface area contributed by atoms with E-state index in [1.807, 2.05) is 0 Å². The number of carbonyl (C=O) groups is 1. The fourth-order valence-electron chi connectivity index (χ4n) is 1.56. The molecule has 0 unspecified atom stereocenters. The van der Waals surface area contributed by atoms with Gasteiger partial charge in [-0.1, -0.05) is 6.07 Å². The summed E-state index contributed by atoms with van der Waals surface area (Å²) in [6.07, 6.45) is 0.143. The number of nitro benzene ring substituents is 1. The quantitative estimate of drug-likeness (QED) is 0.443. The highest BCUT2D eigenvalue weighted by atomic mass is 32.2. The van der Waals surface area contributed by atoms with Gasteiger partial charge in [-0.05, 0) is 25.0 Å². The number of primary sulfonamides is 1. The van der Waals surface area contributed by atoms with Gasteiger partial charge in [0.25, 0.3) is 11.6 Å². The molecule has 1 aromatic carbocycles. The largest absolute Gasteiger partial charge is 0.352 e. The Hall–Kier alpha value is -2.00. The summed E-state index contributed by atoms with van der Waals surface area (Å²) in [7, 11) is -3.57. The smallest absolute Gasteiger partial charge is 0.282 e. The molecule has 0 saturated heterocycles. The van der Waals surface area contributed by atoms with E-state index in [-0.39, 0.29) is 30.0 Å². The number of amides is 1. The summed E-state index contributed by atoms with van der Waals surface area (Å²) >= 11 is 0. The highest BCUT2D eigenvalue weighted by Crippen LogP contribution is 2.19. The Balaban J connectivity index is 2.72. The molecule has 9 heteroatoms. The van der Waals surface area contributed by atoms with E-state index in [9.17, 15) is 23.3 Å². The van der Waals surface area contributed by atoms with E-state index in [0.29, 0.717) is 5.56 Å². The van der Waals surface area contributed by atoms with Crippen molar-refractivity contribution in [2.75, 3.05) is 12.3 Å². The van der Waals surface area contributed by atoms with Gasteiger partial charge >= 0.3 is 0 Å². The zero-order valence-electron chi connectivity index (χ0n) is 10.8. The molecule has 8 nitrogen and oxygen atoms in total. The first-order chi connectivity index (χ1) is 9.20. The van der Waals surface area contributed by atoms with Crippen LogP contribution in [0.3, 0.4) is 0 Å². The van der Waals surface area contributed by atoms with E-state index >= 15 is 0 Å². The molecule has 0 spiro atoms. The van der Waals surface area contributed by atoms with Gasteiger partial charge in [0.15, 0.2) is 0 Å². The predicted molar refractivity (Wildman–Crippen MR) is 72.8 cm³/mol. The van der Waals surface area contributed by atoms with Gasteiger partial charge in [0.05, 0.1) is 10.7 Å². The summed E-state index contributed by atoms with van der Waals surface area (Å²) in [5.74, 6) is -0.877. The maximum atomic E-state index is 11.9. The van der Waals surface area contributed by atoms with E-state index in [2.05, 4.69) is 5.32 Å². The molecular formula is C11H15N3O5S. The lowest BCUT2D eigenvalue weighted by molar-refractivity contribution is -0.385. The summed E-state index contributed by atoms with van der Waals surface area (Å²) in [4.78, 5) is 22.0. The number of aryl methyl sites for hydroxylation is 1. The maximum Gasteiger partial charge on any atom is 0.282 e. The summed E-state index contributed by atoms with van der Waals surface area (Å²) in [6, 6.07) is 4.21. The molecule has 0 aliphatic heterocycles. The molecule has 110 valence electrons. The SMILES string of the molecule is Cc1ccc([N+](=O)[O-])c(C(=O)NCCCS(N)(=O)=O)c1. The van der Waals surface area contributed by atoms with Crippen LogP contribution < -0.4 is 10.5 Å². The molecule has 1 rings (SSSR count). The predicted octanol–water partition coefficient (Wildman–Crippen LogP) is 0.312. The number of sulfonamides is 1. The molecule has 0 radical (unpaired) electrons. The normalized spacial score (nSPS) is 11.1. The lowest BCUT2D eigenvalue weighted by atomic mass is 10.1. The van der Waals surface area contributed by atoms with Crippen molar-refractivity contribution in [1.82, 2.24) is 5.32 Å². The molecule has 0 fully saturated rings. The molecule has 0 atom stereocenters. The van der Waals surface area contributed by atoms with Crippen LogP contribution in [0.4, 0.5) is 5.69 Å². The number of nitrogens with two attached hydrogens (primary N) is 1. The number of nitrogens with zero attached hydrogens (tertiary/aromatic N) is 1. The van der Waals surface area contributed by atoms with Crippen molar-refractivity contribution in [3.8, 4) is 0 Å². The highest BCUT2D eigenvalue weighted by molar-refractivity contribution is 7.89. The van der Waals surface area contributed by atoms with Crippen molar-refractivity contribution in [2.45, 2.75) is 13.3 Å². The van der Waals surface area contributed by atoms with Crippen LogP contribution in [-0.2, 0) is 10.0 Å². The first-order valence-corrected chi connectivity index (χ1v) is 7.46. The fourth-order valence-corrected chi connectivity index (χ4v) is 2.11. The molecule has 0 aliphatic carbocycles. The Morgan fingerprint density at radius 3 is 2.65 bits per heavy atom. The average molecular weight is 301 g/mol. The van der Waals surface area contributed by atoms with Crippen LogP contribution >= 0.6 is 0 Å². The third-order valence-electron chi connectivity index (χ3n) is 2.48. The Morgan fingerprint density at radius 2 is 2.10 bits per heavy atom. The first-order valence-electron chi connectivity index (χ1n) is 5.74. The van der Waals surface area contributed by atoms with E-state index in [0.717, 1.165) is 0 Å². The fraction of sp³-hybridized carbons (Fsp3) is 0.364. The minimum absolute atomic E-state index is 0.0504. The van der Waals surface area contributed by atoms with Gasteiger partial charge in [-0.25, -0.2) is 13.6 Å². The second-order valence-electron chi connectivity index (χ2n) is 4.25. The monoisotopic (exact) mass is 301 g/mol. The third kappa shape index (κ3) is 4.94. The highest BCUT2D eigenvalue weighted by Gasteiger charge is 2.19. The van der Waals surface area contributed by atoms with Crippen molar-refractivity contribution in [2.24, 2.45) is 5.14 Å². The second kappa shape index (κ2) is 6.44. The number of hydrogen-bond acceptors (Lipinski definition) is 5. The summed E-state index contributed by atoms with van der Waals surface area (Å²) in [6.45, 7) is 1.78. The van der Waals surface area contributed by atoms with E-state index in [4.69, 9.17) is 5.14 Å². The molecule has 3 N–H and O–H groups in total. The van der Waals surface area contributed by atoms with Crippen molar-refractivity contribution in [3.63, 3.8) is 0 Å². The summed E-state index contributed by atoms with van der Waals surface area (Å²) in [5.41, 5.74) is 0.371. The van der Waals surface area contributed by atoms with Gasteiger partial charge in [-0.2, -0.15) is 0 Å². The number of nitro groups is 1. The lowest BCUT2D eigenvalue weighted by Gasteiger charge is -2.06. The lowest BCUT2D eigenvalue weighted by Crippen LogP contribution is -2.27. The van der Waals surface area contributed by atoms with Crippen LogP contribution in [0.25, 0.3) is 0 Å². The van der Waals surface area contributed by atoms with Crippen molar-refractivity contribution >= 4 is 21.6 Å². The Labute approximate surface area is 116 Å². The summed E-state index contributed by atoms with van der Waals surface area (Å²) < 4.78 is 21.4. The van der Waals surface area contributed by atoms with Crippen LogP contribution in [0, 0.1) is 17.0 Å². The Morgan fingerprint density at radius 1 is 1.45 bits per heavy atom. The maximum absolute atomic E-state index is 11.9. The first kappa shape index (κ1) is 16.1. The number of hydrogen-bond donors (Lipinski definition) is 2. The summed E-state index contributed by atoms with van der Waals surface area (Å²) in [5, 5.41) is 18.1. The van der Waals surface area contributed by atoms with Crippen LogP contribution in [-0.4, -0.2) is 31.5 Å². The number of nitrogens with one attached hydrogen (secondary N) is 1. The van der Waals surface area contributed by atoms with Crippen LogP contribution in [0.2, 0.25) is 0 Å². The topological polar surface area (TPSA) is 132 Å². The zero-order chi connectivity index (χ0) is 15.3. The molecule has 0 aromatic heterocycles. The number of rotatable bonds is 6. The molecule has 0 saturated carbocycles. The van der Waals surface area contributed by atoms with Gasteiger partial charge in [0, 0.05) is 12.6 Å². The van der Waals surface area contributed by atoms with Gasteiger partial charge in [-0.15, -0.1) is 0 Å². The van der Waals surface area contributed by atoms with E-state index in [1.165, 1.54) is 18.2 Å². The second-order valence-corrected chi connectivity index (χ2v) is 5.99. The molecule has 20 heavy (non-hydrogen) atoms. The molecule has 0 aliphatic rings. The standard InChI is InChI=1S/C11H15N3O5S/c1-8-3-4-10(14(16)17)9(7-8)11(15)13-5-2-6-20(12,18)19/h3-4,7H,2,5-6H2,1H3,(H,13,15)(H2,12,18,19). The van der Waals surface area contributed by atoms with Crippen molar-refractivity contribution in [1.29, 1.82) is 0 Å². The van der Waals surface area contributed by atoms with E-state index < -0.39 is 20.9 Å². The molecular weight excluding hydrogens is 286 g/mol. The van der Waals surface area contributed by atoms with Crippen LogP contribution in [0.15, 0.2) is 18.2 Å². The van der Waals surface area contributed by atoms with Crippen molar-refractivity contribution < 1.29 is 18.1 Å². The van der Waals surface area contributed by atoms with E-state index in [1.54, 1.807) is 6.92 Å². The van der Waals surface area contributed by atoms with Crippen molar-refractivity contribution in [3.05, 3.63) is 39.4 Å². The molecule has 1 amide bonds.